The van der Waals surface area contributed by atoms with Gasteiger partial charge >= 0.3 is 0 Å². The molecule has 0 aliphatic carbocycles. The SMILES string of the molecule is CC(O)CNC(c1ccc(C#N)cc1)c1ccnc(Nc2ccc(C#N)cc2)n1. The van der Waals surface area contributed by atoms with Crippen LogP contribution in [0.25, 0.3) is 0 Å². The average Bonchev–Trinajstić information content (AvgIpc) is 2.75. The molecule has 0 saturated carbocycles. The summed E-state index contributed by atoms with van der Waals surface area (Å²) >= 11 is 0. The largest absolute Gasteiger partial charge is 0.392 e. The molecule has 3 rings (SSSR count). The van der Waals surface area contributed by atoms with Gasteiger partial charge in [-0.25, -0.2) is 9.97 Å². The van der Waals surface area contributed by atoms with Gasteiger partial charge in [0.05, 0.1) is 41.1 Å². The standard InChI is InChI=1S/C22H20N6O/c1-15(29)14-26-21(18-6-2-16(12-23)3-7-18)20-10-11-25-22(28-20)27-19-8-4-17(13-24)5-9-19/h2-11,15,21,26,29H,14H2,1H3,(H,25,27,28). The molecule has 0 spiro atoms. The lowest BCUT2D eigenvalue weighted by Gasteiger charge is -2.20. The number of anilines is 2. The van der Waals surface area contributed by atoms with Crippen LogP contribution in [0, 0.1) is 22.7 Å². The van der Waals surface area contributed by atoms with Crippen LogP contribution in [0.15, 0.2) is 60.8 Å². The fourth-order valence-corrected chi connectivity index (χ4v) is 2.78. The number of benzene rings is 2. The molecule has 7 nitrogen and oxygen atoms in total. The Bertz CT molecular complexity index is 1030. The van der Waals surface area contributed by atoms with Crippen molar-refractivity contribution in [2.75, 3.05) is 11.9 Å². The van der Waals surface area contributed by atoms with Gasteiger partial charge in [-0.05, 0) is 55.0 Å². The molecule has 1 aromatic heterocycles. The number of nitriles is 2. The molecule has 3 aromatic rings. The fourth-order valence-electron chi connectivity index (χ4n) is 2.78. The Hall–Kier alpha value is -3.78. The minimum Gasteiger partial charge on any atom is -0.392 e. The summed E-state index contributed by atoms with van der Waals surface area (Å²) in [7, 11) is 0. The lowest BCUT2D eigenvalue weighted by molar-refractivity contribution is 0.188. The molecule has 29 heavy (non-hydrogen) atoms. The van der Waals surface area contributed by atoms with Gasteiger partial charge in [-0.1, -0.05) is 12.1 Å². The van der Waals surface area contributed by atoms with Crippen molar-refractivity contribution in [3.63, 3.8) is 0 Å². The van der Waals surface area contributed by atoms with Crippen molar-refractivity contribution in [2.24, 2.45) is 0 Å². The highest BCUT2D eigenvalue weighted by atomic mass is 16.3. The van der Waals surface area contributed by atoms with Crippen LogP contribution in [-0.4, -0.2) is 27.7 Å². The van der Waals surface area contributed by atoms with Crippen LogP contribution < -0.4 is 10.6 Å². The second-order valence-corrected chi connectivity index (χ2v) is 6.54. The van der Waals surface area contributed by atoms with Crippen LogP contribution in [0.5, 0.6) is 0 Å². The van der Waals surface area contributed by atoms with Gasteiger partial charge in [0, 0.05) is 18.4 Å². The van der Waals surface area contributed by atoms with Crippen molar-refractivity contribution < 1.29 is 5.11 Å². The Balaban J connectivity index is 1.87. The van der Waals surface area contributed by atoms with Crippen molar-refractivity contribution in [3.05, 3.63) is 83.2 Å². The number of aromatic nitrogens is 2. The normalized spacial score (nSPS) is 12.4. The van der Waals surface area contributed by atoms with Crippen LogP contribution in [-0.2, 0) is 0 Å². The van der Waals surface area contributed by atoms with Crippen LogP contribution in [0.3, 0.4) is 0 Å². The highest BCUT2D eigenvalue weighted by molar-refractivity contribution is 5.55. The third-order valence-corrected chi connectivity index (χ3v) is 4.23. The summed E-state index contributed by atoms with van der Waals surface area (Å²) in [4.78, 5) is 8.88. The molecule has 144 valence electrons. The number of aliphatic hydroxyl groups is 1. The molecule has 0 radical (unpaired) electrons. The van der Waals surface area contributed by atoms with Gasteiger partial charge in [-0.2, -0.15) is 10.5 Å². The van der Waals surface area contributed by atoms with Gasteiger partial charge < -0.3 is 15.7 Å². The number of aliphatic hydroxyl groups excluding tert-OH is 1. The van der Waals surface area contributed by atoms with E-state index >= 15 is 0 Å². The number of nitrogens with one attached hydrogen (secondary N) is 2. The van der Waals surface area contributed by atoms with E-state index in [-0.39, 0.29) is 6.04 Å². The second-order valence-electron chi connectivity index (χ2n) is 6.54. The van der Waals surface area contributed by atoms with Crippen molar-refractivity contribution >= 4 is 11.6 Å². The summed E-state index contributed by atoms with van der Waals surface area (Å²) in [6.45, 7) is 2.09. The molecule has 2 unspecified atom stereocenters. The molecule has 1 heterocycles. The van der Waals surface area contributed by atoms with Gasteiger partial charge in [-0.3, -0.25) is 0 Å². The maximum atomic E-state index is 9.70. The first-order valence-corrected chi connectivity index (χ1v) is 9.10. The maximum Gasteiger partial charge on any atom is 0.227 e. The monoisotopic (exact) mass is 384 g/mol. The minimum absolute atomic E-state index is 0.276. The molecule has 2 atom stereocenters. The predicted molar refractivity (Wildman–Crippen MR) is 109 cm³/mol. The summed E-state index contributed by atoms with van der Waals surface area (Å²) in [6, 6.07) is 20.0. The molecular weight excluding hydrogens is 364 g/mol. The van der Waals surface area contributed by atoms with E-state index in [0.717, 1.165) is 16.9 Å². The highest BCUT2D eigenvalue weighted by Crippen LogP contribution is 2.22. The first-order chi connectivity index (χ1) is 14.1. The molecule has 0 saturated heterocycles. The maximum absolute atomic E-state index is 9.70. The van der Waals surface area contributed by atoms with Crippen LogP contribution in [0.2, 0.25) is 0 Å². The Morgan fingerprint density at radius 2 is 1.59 bits per heavy atom. The van der Waals surface area contributed by atoms with Crippen LogP contribution in [0.1, 0.15) is 35.3 Å². The van der Waals surface area contributed by atoms with Crippen molar-refractivity contribution in [1.82, 2.24) is 15.3 Å². The van der Waals surface area contributed by atoms with Crippen molar-refractivity contribution in [2.45, 2.75) is 19.1 Å². The van der Waals surface area contributed by atoms with E-state index < -0.39 is 6.10 Å². The van der Waals surface area contributed by atoms with E-state index in [1.54, 1.807) is 49.5 Å². The number of hydrogen-bond acceptors (Lipinski definition) is 7. The van der Waals surface area contributed by atoms with Crippen LogP contribution >= 0.6 is 0 Å². The quantitative estimate of drug-likeness (QED) is 0.573. The number of nitrogens with zero attached hydrogens (tertiary/aromatic N) is 4. The molecule has 0 aliphatic rings. The first kappa shape index (κ1) is 20.0. The zero-order valence-corrected chi connectivity index (χ0v) is 15.9. The molecule has 0 amide bonds. The van der Waals surface area contributed by atoms with Crippen molar-refractivity contribution in [3.8, 4) is 12.1 Å². The Kier molecular flexibility index (Phi) is 6.49. The molecule has 0 bridgehead atoms. The smallest absolute Gasteiger partial charge is 0.227 e. The predicted octanol–water partition coefficient (Wildman–Crippen LogP) is 3.02. The van der Waals surface area contributed by atoms with Gasteiger partial charge in [0.15, 0.2) is 0 Å². The van der Waals surface area contributed by atoms with Gasteiger partial charge in [-0.15, -0.1) is 0 Å². The Morgan fingerprint density at radius 3 is 2.17 bits per heavy atom. The summed E-state index contributed by atoms with van der Waals surface area (Å²) in [5.74, 6) is 0.421. The zero-order chi connectivity index (χ0) is 20.6. The first-order valence-electron chi connectivity index (χ1n) is 9.10. The van der Waals surface area contributed by atoms with Crippen LogP contribution in [0.4, 0.5) is 11.6 Å². The lowest BCUT2D eigenvalue weighted by atomic mass is 10.0. The van der Waals surface area contributed by atoms with E-state index in [2.05, 4.69) is 32.7 Å². The average molecular weight is 384 g/mol. The van der Waals surface area contributed by atoms with Gasteiger partial charge in [0.2, 0.25) is 5.95 Å². The van der Waals surface area contributed by atoms with E-state index in [1.807, 2.05) is 18.2 Å². The van der Waals surface area contributed by atoms with E-state index in [0.29, 0.717) is 23.6 Å². The summed E-state index contributed by atoms with van der Waals surface area (Å²) in [5.41, 5.74) is 3.57. The fraction of sp³-hybridized carbons (Fsp3) is 0.182. The van der Waals surface area contributed by atoms with E-state index in [4.69, 9.17) is 10.5 Å². The van der Waals surface area contributed by atoms with Crippen molar-refractivity contribution in [1.29, 1.82) is 10.5 Å². The number of hydrogen-bond donors (Lipinski definition) is 3. The minimum atomic E-state index is -0.519. The second kappa shape index (κ2) is 9.43. The molecule has 2 aromatic carbocycles. The molecule has 0 fully saturated rings. The summed E-state index contributed by atoms with van der Waals surface area (Å²) < 4.78 is 0. The summed E-state index contributed by atoms with van der Waals surface area (Å²) in [5, 5.41) is 34.1. The Labute approximate surface area is 169 Å². The molecule has 3 N–H and O–H groups in total. The molecular formula is C22H20N6O. The number of rotatable bonds is 7. The lowest BCUT2D eigenvalue weighted by Crippen LogP contribution is -2.30. The Morgan fingerprint density at radius 1 is 0.966 bits per heavy atom. The zero-order valence-electron chi connectivity index (χ0n) is 15.9. The third kappa shape index (κ3) is 5.36. The topological polar surface area (TPSA) is 118 Å². The molecule has 0 aliphatic heterocycles. The van der Waals surface area contributed by atoms with Gasteiger partial charge in [0.1, 0.15) is 0 Å². The summed E-state index contributed by atoms with van der Waals surface area (Å²) in [6.07, 6.45) is 1.14. The third-order valence-electron chi connectivity index (χ3n) is 4.23. The van der Waals surface area contributed by atoms with Gasteiger partial charge in [0.25, 0.3) is 0 Å². The molecule has 7 heteroatoms. The highest BCUT2D eigenvalue weighted by Gasteiger charge is 2.17. The van der Waals surface area contributed by atoms with E-state index in [1.165, 1.54) is 0 Å². The van der Waals surface area contributed by atoms with E-state index in [9.17, 15) is 5.11 Å².